The predicted octanol–water partition coefficient (Wildman–Crippen LogP) is 1.92. The van der Waals surface area contributed by atoms with E-state index >= 15 is 0 Å². The summed E-state index contributed by atoms with van der Waals surface area (Å²) in [5, 5.41) is 104. The normalized spacial score (nSPS) is 21.2. The van der Waals surface area contributed by atoms with Gasteiger partial charge in [-0.05, 0) is 17.7 Å². The molecular weight excluding hydrogens is 556 g/mol. The summed E-state index contributed by atoms with van der Waals surface area (Å²) in [5.74, 6) is -5.68. The van der Waals surface area contributed by atoms with Crippen molar-refractivity contribution in [2.75, 3.05) is 0 Å². The van der Waals surface area contributed by atoms with Crippen LogP contribution in [-0.2, 0) is 12.8 Å². The van der Waals surface area contributed by atoms with Crippen molar-refractivity contribution in [3.8, 4) is 57.5 Å². The van der Waals surface area contributed by atoms with E-state index in [-0.39, 0.29) is 75.0 Å². The molecule has 42 heavy (non-hydrogen) atoms. The fourth-order valence-corrected chi connectivity index (χ4v) is 5.60. The summed E-state index contributed by atoms with van der Waals surface area (Å²) < 4.78 is 11.7. The first-order valence-corrected chi connectivity index (χ1v) is 12.6. The fraction of sp³-hybridized carbons (Fsp3) is 0.207. The lowest BCUT2D eigenvalue weighted by Crippen LogP contribution is -2.31. The Hall–Kier alpha value is -5.27. The Morgan fingerprint density at radius 2 is 1.12 bits per heavy atom. The van der Waals surface area contributed by atoms with Gasteiger partial charge in [0, 0.05) is 59.2 Å². The van der Waals surface area contributed by atoms with Crippen LogP contribution in [0.4, 0.5) is 0 Å². The first kappa shape index (κ1) is 26.9. The van der Waals surface area contributed by atoms with Gasteiger partial charge in [-0.3, -0.25) is 4.79 Å². The van der Waals surface area contributed by atoms with Gasteiger partial charge in [-0.2, -0.15) is 0 Å². The van der Waals surface area contributed by atoms with Gasteiger partial charge < -0.3 is 60.5 Å². The number of hydrogen-bond donors (Lipinski definition) is 10. The van der Waals surface area contributed by atoms with Gasteiger partial charge in [0.2, 0.25) is 11.2 Å². The first-order valence-electron chi connectivity index (χ1n) is 12.6. The zero-order valence-corrected chi connectivity index (χ0v) is 21.4. The second kappa shape index (κ2) is 9.39. The number of benzene rings is 3. The van der Waals surface area contributed by atoms with Crippen molar-refractivity contribution in [2.45, 2.75) is 37.3 Å². The molecule has 0 fully saturated rings. The van der Waals surface area contributed by atoms with Gasteiger partial charge in [0.1, 0.15) is 40.6 Å². The van der Waals surface area contributed by atoms with Gasteiger partial charge in [-0.15, -0.1) is 0 Å². The number of hydrogen-bond acceptors (Lipinski definition) is 13. The van der Waals surface area contributed by atoms with E-state index in [9.17, 15) is 55.9 Å². The zero-order valence-electron chi connectivity index (χ0n) is 21.4. The fourth-order valence-electron chi connectivity index (χ4n) is 5.60. The maximum Gasteiger partial charge on any atom is 0.221 e. The van der Waals surface area contributed by atoms with Crippen LogP contribution < -0.4 is 14.9 Å². The quantitative estimate of drug-likeness (QED) is 0.153. The third kappa shape index (κ3) is 4.05. The molecule has 218 valence electrons. The van der Waals surface area contributed by atoms with E-state index in [1.165, 1.54) is 12.1 Å². The highest BCUT2D eigenvalue weighted by atomic mass is 16.5. The van der Waals surface area contributed by atoms with E-state index in [0.717, 1.165) is 24.3 Å². The number of aliphatic hydroxyl groups is 2. The molecule has 0 aliphatic carbocycles. The molecule has 0 radical (unpaired) electrons. The van der Waals surface area contributed by atoms with E-state index in [4.69, 9.17) is 9.47 Å². The molecule has 6 rings (SSSR count). The standard InChI is InChI=1S/C29H24O13/c30-10-3-15(32)12-7-18(35)28(41-20(12)5-10)9-1-14-22(24(37)17(34)2-9)25(38)27(40)26(39)23(14)29-19(36)8-13-16(33)4-11(31)6-21(13)42-29/h1-6,18-19,28-33,35-36,38-40H,7-8H2,(H,34,37)/t18-,19-,28+,29+/m0/s1. The van der Waals surface area contributed by atoms with E-state index < -0.39 is 58.2 Å². The van der Waals surface area contributed by atoms with E-state index in [1.807, 2.05) is 0 Å². The molecule has 10 N–H and O–H groups in total. The average Bonchev–Trinajstić information content (AvgIpc) is 3.04. The maximum atomic E-state index is 13.0. The molecule has 0 aromatic heterocycles. The molecule has 4 aromatic carbocycles. The summed E-state index contributed by atoms with van der Waals surface area (Å²) in [6.45, 7) is 0. The van der Waals surface area contributed by atoms with Crippen molar-refractivity contribution in [2.24, 2.45) is 0 Å². The van der Waals surface area contributed by atoms with Crippen molar-refractivity contribution >= 4 is 10.8 Å². The number of ether oxygens (including phenoxy) is 2. The largest absolute Gasteiger partial charge is 0.508 e. The lowest BCUT2D eigenvalue weighted by atomic mass is 9.89. The van der Waals surface area contributed by atoms with Crippen LogP contribution in [-0.4, -0.2) is 63.3 Å². The number of aromatic hydroxyl groups is 8. The first-order chi connectivity index (χ1) is 19.8. The molecule has 0 amide bonds. The SMILES string of the molecule is O=c1cc([C@H]2Oc3cc(O)cc(O)c3C[C@@H]2O)cc2c([C@@H]3Oc4cc(O)cc(O)c4C[C@@H]3O)c(O)c(O)c(O)c2c1O. The number of phenols is 7. The van der Waals surface area contributed by atoms with Crippen LogP contribution in [0.15, 0.2) is 41.2 Å². The van der Waals surface area contributed by atoms with Crippen LogP contribution in [0.25, 0.3) is 10.8 Å². The number of fused-ring (bicyclic) bond motifs is 3. The molecule has 0 saturated heterocycles. The summed E-state index contributed by atoms with van der Waals surface area (Å²) in [6, 6.07) is 6.54. The van der Waals surface area contributed by atoms with Crippen molar-refractivity contribution in [3.63, 3.8) is 0 Å². The Morgan fingerprint density at radius 1 is 0.595 bits per heavy atom. The van der Waals surface area contributed by atoms with Crippen LogP contribution in [0.3, 0.4) is 0 Å². The van der Waals surface area contributed by atoms with Crippen LogP contribution in [0.1, 0.15) is 34.5 Å². The molecule has 0 unspecified atom stereocenters. The molecule has 2 aliphatic heterocycles. The van der Waals surface area contributed by atoms with Gasteiger partial charge in [0.05, 0.1) is 17.6 Å². The van der Waals surface area contributed by atoms with Gasteiger partial charge in [-0.1, -0.05) is 0 Å². The third-order valence-electron chi connectivity index (χ3n) is 7.57. The van der Waals surface area contributed by atoms with Gasteiger partial charge in [-0.25, -0.2) is 0 Å². The highest BCUT2D eigenvalue weighted by molar-refractivity contribution is 5.99. The second-order valence-corrected chi connectivity index (χ2v) is 10.3. The van der Waals surface area contributed by atoms with Crippen molar-refractivity contribution < 1.29 is 60.5 Å². The molecule has 13 nitrogen and oxygen atoms in total. The van der Waals surface area contributed by atoms with Gasteiger partial charge in [0.25, 0.3) is 0 Å². The Morgan fingerprint density at radius 3 is 1.69 bits per heavy atom. The number of aliphatic hydroxyl groups excluding tert-OH is 2. The average molecular weight is 580 g/mol. The van der Waals surface area contributed by atoms with Gasteiger partial charge >= 0.3 is 0 Å². The van der Waals surface area contributed by atoms with E-state index in [0.29, 0.717) is 0 Å². The lowest BCUT2D eigenvalue weighted by molar-refractivity contribution is 0.0187. The lowest BCUT2D eigenvalue weighted by Gasteiger charge is -2.33. The molecule has 2 heterocycles. The molecule has 0 spiro atoms. The van der Waals surface area contributed by atoms with E-state index in [1.54, 1.807) is 0 Å². The van der Waals surface area contributed by atoms with Crippen molar-refractivity contribution in [3.05, 3.63) is 68.9 Å². The molecular formula is C29H24O13. The predicted molar refractivity (Wildman–Crippen MR) is 143 cm³/mol. The Bertz CT molecular complexity index is 1850. The van der Waals surface area contributed by atoms with Gasteiger partial charge in [0.15, 0.2) is 23.4 Å². The van der Waals surface area contributed by atoms with Crippen LogP contribution in [0.5, 0.6) is 57.5 Å². The minimum atomic E-state index is -1.54. The monoisotopic (exact) mass is 580 g/mol. The van der Waals surface area contributed by atoms with Crippen LogP contribution in [0, 0.1) is 0 Å². The summed E-state index contributed by atoms with van der Waals surface area (Å²) >= 11 is 0. The molecule has 0 saturated carbocycles. The summed E-state index contributed by atoms with van der Waals surface area (Å²) in [7, 11) is 0. The summed E-state index contributed by atoms with van der Waals surface area (Å²) in [6.07, 6.45) is -6.15. The van der Waals surface area contributed by atoms with Crippen molar-refractivity contribution in [1.29, 1.82) is 0 Å². The topological polar surface area (TPSA) is 238 Å². The Labute approximate surface area is 235 Å². The zero-order chi connectivity index (χ0) is 30.2. The smallest absolute Gasteiger partial charge is 0.221 e. The molecule has 4 aromatic rings. The third-order valence-corrected chi connectivity index (χ3v) is 7.57. The molecule has 13 heteroatoms. The minimum absolute atomic E-state index is 0.00102. The summed E-state index contributed by atoms with van der Waals surface area (Å²) in [4.78, 5) is 13.0. The Balaban J connectivity index is 1.60. The maximum absolute atomic E-state index is 13.0. The van der Waals surface area contributed by atoms with E-state index in [2.05, 4.69) is 0 Å². The molecule has 2 aliphatic rings. The number of phenolic OH excluding ortho intramolecular Hbond substituents is 7. The Kier molecular flexibility index (Phi) is 6.02. The highest BCUT2D eigenvalue weighted by Gasteiger charge is 2.38. The number of rotatable bonds is 2. The highest BCUT2D eigenvalue weighted by Crippen LogP contribution is 2.53. The second-order valence-electron chi connectivity index (χ2n) is 10.3. The van der Waals surface area contributed by atoms with Crippen LogP contribution >= 0.6 is 0 Å². The summed E-state index contributed by atoms with van der Waals surface area (Å²) in [5.41, 5.74) is -1.20. The van der Waals surface area contributed by atoms with Crippen LogP contribution in [0.2, 0.25) is 0 Å². The molecule has 0 bridgehead atoms. The van der Waals surface area contributed by atoms with Crippen molar-refractivity contribution in [1.82, 2.24) is 0 Å². The minimum Gasteiger partial charge on any atom is -0.508 e. The molecule has 4 atom stereocenters.